The Hall–Kier alpha value is -0.970. The fourth-order valence-electron chi connectivity index (χ4n) is 1.77. The third-order valence-corrected chi connectivity index (χ3v) is 4.62. The van der Waals surface area contributed by atoms with Gasteiger partial charge in [0.25, 0.3) is 0 Å². The molecule has 0 aromatic carbocycles. The van der Waals surface area contributed by atoms with E-state index in [4.69, 9.17) is 4.78 Å². The smallest absolute Gasteiger partial charge is 0.133 e. The van der Waals surface area contributed by atoms with Gasteiger partial charge >= 0.3 is 0 Å². The Bertz CT molecular complexity index is 515. The number of nitrogens with one attached hydrogen (secondary N) is 1. The second kappa shape index (κ2) is 3.52. The number of fused-ring (bicyclic) bond motifs is 1. The average Bonchev–Trinajstić information content (AvgIpc) is 2.15. The Balaban J connectivity index is 2.57. The van der Waals surface area contributed by atoms with Crippen LogP contribution in [0.25, 0.3) is 0 Å². The van der Waals surface area contributed by atoms with Crippen molar-refractivity contribution in [2.45, 2.75) is 43.9 Å². The van der Waals surface area contributed by atoms with Crippen LogP contribution in [0.15, 0.2) is 11.1 Å². The molecule has 0 radical (unpaired) electrons. The van der Waals surface area contributed by atoms with Crippen molar-refractivity contribution in [3.8, 4) is 0 Å². The summed E-state index contributed by atoms with van der Waals surface area (Å²) in [5, 5.41) is 0. The number of hydrogen-bond acceptors (Lipinski definition) is 4. The molecule has 1 atom stereocenters. The van der Waals surface area contributed by atoms with Gasteiger partial charge in [0.1, 0.15) is 5.82 Å². The lowest BCUT2D eigenvalue weighted by Gasteiger charge is -2.21. The van der Waals surface area contributed by atoms with Gasteiger partial charge in [0.15, 0.2) is 0 Å². The maximum absolute atomic E-state index is 12.0. The molecule has 0 saturated heterocycles. The van der Waals surface area contributed by atoms with Gasteiger partial charge in [-0.15, -0.1) is 0 Å². The van der Waals surface area contributed by atoms with Gasteiger partial charge in [0.05, 0.1) is 20.3 Å². The topological polar surface area (TPSA) is 66.7 Å². The molecule has 0 unspecified atom stereocenters. The quantitative estimate of drug-likeness (QED) is 0.754. The molecule has 1 aliphatic rings. The van der Waals surface area contributed by atoms with Crippen molar-refractivity contribution < 1.29 is 4.21 Å². The van der Waals surface area contributed by atoms with Crippen LogP contribution in [-0.2, 0) is 21.6 Å². The van der Waals surface area contributed by atoms with Crippen LogP contribution in [0.4, 0.5) is 0 Å². The molecule has 1 aromatic heterocycles. The fourth-order valence-corrected chi connectivity index (χ4v) is 3.30. The van der Waals surface area contributed by atoms with Gasteiger partial charge in [-0.3, -0.25) is 0 Å². The molecule has 0 aliphatic carbocycles. The van der Waals surface area contributed by atoms with Gasteiger partial charge in [-0.2, -0.15) is 0 Å². The number of aryl methyl sites for hydroxylation is 1. The minimum absolute atomic E-state index is 0.102. The van der Waals surface area contributed by atoms with Gasteiger partial charge in [-0.25, -0.2) is 19.0 Å². The van der Waals surface area contributed by atoms with Crippen LogP contribution >= 0.6 is 0 Å². The Labute approximate surface area is 96.5 Å². The van der Waals surface area contributed by atoms with Crippen molar-refractivity contribution >= 4 is 9.73 Å². The summed E-state index contributed by atoms with van der Waals surface area (Å²) in [5.41, 5.74) is 0.709. The first-order valence-corrected chi connectivity index (χ1v) is 7.16. The molecule has 4 nitrogen and oxygen atoms in total. The van der Waals surface area contributed by atoms with Crippen LogP contribution in [0.2, 0.25) is 0 Å². The van der Waals surface area contributed by atoms with E-state index < -0.39 is 9.73 Å². The number of nitrogens with zero attached hydrogens (tertiary/aromatic N) is 2. The zero-order valence-corrected chi connectivity index (χ0v) is 10.7. The molecule has 1 N–H and O–H groups in total. The van der Waals surface area contributed by atoms with Crippen molar-refractivity contribution in [3.05, 3.63) is 17.7 Å². The van der Waals surface area contributed by atoms with Crippen LogP contribution in [0.5, 0.6) is 0 Å². The van der Waals surface area contributed by atoms with Crippen molar-refractivity contribution in [1.29, 1.82) is 4.78 Å². The predicted molar refractivity (Wildman–Crippen MR) is 63.0 cm³/mol. The van der Waals surface area contributed by atoms with Crippen molar-refractivity contribution in [2.24, 2.45) is 0 Å². The first kappa shape index (κ1) is 11.5. The molecular weight excluding hydrogens is 222 g/mol. The second-order valence-electron chi connectivity index (χ2n) is 5.24. The third-order valence-electron chi connectivity index (χ3n) is 2.70. The van der Waals surface area contributed by atoms with Crippen LogP contribution in [-0.4, -0.2) is 19.9 Å². The van der Waals surface area contributed by atoms with E-state index in [1.807, 2.05) is 0 Å². The van der Waals surface area contributed by atoms with Gasteiger partial charge in [0, 0.05) is 17.4 Å². The SMILES string of the molecule is CC(C)(C)c1ncc2c(n1)CCC[S@@]2(=N)=O. The molecule has 5 heteroatoms. The first-order chi connectivity index (χ1) is 7.31. The largest absolute Gasteiger partial charge is 0.249 e. The van der Waals surface area contributed by atoms with Gasteiger partial charge in [-0.05, 0) is 12.8 Å². The molecule has 0 bridgehead atoms. The lowest BCUT2D eigenvalue weighted by molar-refractivity contribution is 0.535. The van der Waals surface area contributed by atoms with E-state index in [9.17, 15) is 4.21 Å². The van der Waals surface area contributed by atoms with Gasteiger partial charge < -0.3 is 0 Å². The molecule has 2 heterocycles. The number of aromatic nitrogens is 2. The van der Waals surface area contributed by atoms with Gasteiger partial charge in [0.2, 0.25) is 0 Å². The molecular formula is C11H17N3OS. The molecule has 1 aromatic rings. The van der Waals surface area contributed by atoms with Crippen LogP contribution in [0, 0.1) is 4.78 Å². The summed E-state index contributed by atoms with van der Waals surface area (Å²) >= 11 is 0. The van der Waals surface area contributed by atoms with E-state index in [2.05, 4.69) is 30.7 Å². The van der Waals surface area contributed by atoms with E-state index in [0.29, 0.717) is 10.6 Å². The summed E-state index contributed by atoms with van der Waals surface area (Å²) in [6, 6.07) is 0. The highest BCUT2D eigenvalue weighted by molar-refractivity contribution is 7.92. The first-order valence-electron chi connectivity index (χ1n) is 5.43. The van der Waals surface area contributed by atoms with Crippen molar-refractivity contribution in [1.82, 2.24) is 9.97 Å². The molecule has 0 saturated carbocycles. The molecule has 16 heavy (non-hydrogen) atoms. The highest BCUT2D eigenvalue weighted by Gasteiger charge is 2.25. The number of hydrogen-bond donors (Lipinski definition) is 1. The zero-order valence-electron chi connectivity index (χ0n) is 9.91. The lowest BCUT2D eigenvalue weighted by Crippen LogP contribution is -2.22. The fraction of sp³-hybridized carbons (Fsp3) is 0.636. The molecule has 88 valence electrons. The Morgan fingerprint density at radius 3 is 2.75 bits per heavy atom. The Kier molecular flexibility index (Phi) is 2.53. The van der Waals surface area contributed by atoms with Crippen LogP contribution in [0.3, 0.4) is 0 Å². The maximum atomic E-state index is 12.0. The molecule has 2 rings (SSSR count). The lowest BCUT2D eigenvalue weighted by atomic mass is 9.95. The average molecular weight is 239 g/mol. The summed E-state index contributed by atoms with van der Waals surface area (Å²) in [6.45, 7) is 6.15. The molecule has 0 spiro atoms. The van der Waals surface area contributed by atoms with E-state index in [-0.39, 0.29) is 5.41 Å². The van der Waals surface area contributed by atoms with Crippen LogP contribution < -0.4 is 0 Å². The van der Waals surface area contributed by atoms with Crippen LogP contribution in [0.1, 0.15) is 38.7 Å². The minimum Gasteiger partial charge on any atom is -0.249 e. The van der Waals surface area contributed by atoms with E-state index in [0.717, 1.165) is 24.4 Å². The van der Waals surface area contributed by atoms with Gasteiger partial charge in [-0.1, -0.05) is 20.8 Å². The highest BCUT2D eigenvalue weighted by atomic mass is 32.2. The normalized spacial score (nSPS) is 25.2. The van der Waals surface area contributed by atoms with Crippen molar-refractivity contribution in [3.63, 3.8) is 0 Å². The summed E-state index contributed by atoms with van der Waals surface area (Å²) < 4.78 is 19.8. The molecule has 1 aliphatic heterocycles. The second-order valence-corrected chi connectivity index (χ2v) is 7.44. The summed E-state index contributed by atoms with van der Waals surface area (Å²) in [7, 11) is -2.63. The number of rotatable bonds is 0. The van der Waals surface area contributed by atoms with E-state index in [1.54, 1.807) is 6.20 Å². The third kappa shape index (κ3) is 1.96. The monoisotopic (exact) mass is 239 g/mol. The van der Waals surface area contributed by atoms with E-state index >= 15 is 0 Å². The summed E-state index contributed by atoms with van der Waals surface area (Å²) in [4.78, 5) is 9.27. The standard InChI is InChI=1S/C11H17N3OS/c1-11(2,3)10-13-7-9-8(14-10)5-4-6-16(9,12)15/h7,12H,4-6H2,1-3H3/t16-/m1/s1. The highest BCUT2D eigenvalue weighted by Crippen LogP contribution is 2.26. The molecule has 0 amide bonds. The summed E-state index contributed by atoms with van der Waals surface area (Å²) in [6.07, 6.45) is 3.20. The summed E-state index contributed by atoms with van der Waals surface area (Å²) in [5.74, 6) is 1.21. The van der Waals surface area contributed by atoms with Crippen molar-refractivity contribution in [2.75, 3.05) is 5.75 Å². The molecule has 0 fully saturated rings. The Morgan fingerprint density at radius 1 is 1.44 bits per heavy atom. The zero-order chi connectivity index (χ0) is 12.0. The Morgan fingerprint density at radius 2 is 2.12 bits per heavy atom. The van der Waals surface area contributed by atoms with E-state index in [1.165, 1.54) is 0 Å². The predicted octanol–water partition coefficient (Wildman–Crippen LogP) is 2.13. The maximum Gasteiger partial charge on any atom is 0.133 e. The minimum atomic E-state index is -2.63.